The molecule has 0 aromatic heterocycles. The van der Waals surface area contributed by atoms with Crippen molar-refractivity contribution >= 4 is 21.6 Å². The van der Waals surface area contributed by atoms with Gasteiger partial charge in [0.25, 0.3) is 0 Å². The molecule has 26 heavy (non-hydrogen) atoms. The Morgan fingerprint density at radius 3 is 2.69 bits per heavy atom. The largest absolute Gasteiger partial charge is 0.326 e. The van der Waals surface area contributed by atoms with Crippen LogP contribution in [0.4, 0.5) is 5.69 Å². The first-order chi connectivity index (χ1) is 12.4. The molecule has 0 bridgehead atoms. The molecule has 0 saturated carbocycles. The van der Waals surface area contributed by atoms with Crippen LogP contribution in [0.25, 0.3) is 0 Å². The van der Waals surface area contributed by atoms with Gasteiger partial charge in [-0.15, -0.1) is 0 Å². The number of carbonyl (C=O) groups is 1. The lowest BCUT2D eigenvalue weighted by molar-refractivity contribution is -0.115. The van der Waals surface area contributed by atoms with Crippen LogP contribution in [-0.2, 0) is 34.2 Å². The summed E-state index contributed by atoms with van der Waals surface area (Å²) in [6.45, 7) is 4.54. The Bertz CT molecular complexity index is 922. The first-order valence-electron chi connectivity index (χ1n) is 8.82. The van der Waals surface area contributed by atoms with Gasteiger partial charge in [-0.05, 0) is 49.1 Å². The number of benzene rings is 2. The second kappa shape index (κ2) is 7.60. The van der Waals surface area contributed by atoms with E-state index in [-0.39, 0.29) is 11.7 Å². The minimum Gasteiger partial charge on any atom is -0.326 e. The monoisotopic (exact) mass is 372 g/mol. The van der Waals surface area contributed by atoms with Gasteiger partial charge in [0.05, 0.1) is 12.2 Å². The van der Waals surface area contributed by atoms with Crippen molar-refractivity contribution in [1.29, 1.82) is 0 Å². The zero-order chi connectivity index (χ0) is 18.7. The number of nitrogens with zero attached hydrogens (tertiary/aromatic N) is 1. The molecule has 0 spiro atoms. The number of hydrogen-bond donors (Lipinski definition) is 1. The van der Waals surface area contributed by atoms with E-state index in [1.54, 1.807) is 6.92 Å². The van der Waals surface area contributed by atoms with Crippen LogP contribution in [0.15, 0.2) is 42.5 Å². The van der Waals surface area contributed by atoms with Crippen molar-refractivity contribution in [3.05, 3.63) is 64.7 Å². The number of fused-ring (bicyclic) bond motifs is 1. The molecule has 3 rings (SSSR count). The Labute approximate surface area is 155 Å². The van der Waals surface area contributed by atoms with E-state index in [4.69, 9.17) is 0 Å². The molecule has 1 heterocycles. The average molecular weight is 372 g/mol. The highest BCUT2D eigenvalue weighted by atomic mass is 32.2. The third kappa shape index (κ3) is 4.31. The highest BCUT2D eigenvalue weighted by Crippen LogP contribution is 2.24. The van der Waals surface area contributed by atoms with Gasteiger partial charge in [-0.1, -0.05) is 35.9 Å². The zero-order valence-electron chi connectivity index (χ0n) is 15.2. The minimum absolute atomic E-state index is 0.0793. The maximum atomic E-state index is 12.3. The Morgan fingerprint density at radius 2 is 1.96 bits per heavy atom. The quantitative estimate of drug-likeness (QED) is 0.878. The van der Waals surface area contributed by atoms with E-state index < -0.39 is 10.0 Å². The summed E-state index contributed by atoms with van der Waals surface area (Å²) >= 11 is 0. The first-order valence-corrected chi connectivity index (χ1v) is 10.4. The van der Waals surface area contributed by atoms with E-state index in [2.05, 4.69) is 5.32 Å². The van der Waals surface area contributed by atoms with Gasteiger partial charge in [-0.25, -0.2) is 8.42 Å². The number of rotatable bonds is 5. The number of hydrogen-bond acceptors (Lipinski definition) is 3. The predicted octanol–water partition coefficient (Wildman–Crippen LogP) is 2.88. The van der Waals surface area contributed by atoms with Crippen molar-refractivity contribution in [1.82, 2.24) is 4.31 Å². The van der Waals surface area contributed by atoms with Crippen molar-refractivity contribution in [2.45, 2.75) is 33.2 Å². The second-order valence-electron chi connectivity index (χ2n) is 6.68. The third-order valence-electron chi connectivity index (χ3n) is 4.67. The number of nitrogens with one attached hydrogen (secondary N) is 1. The number of anilines is 1. The van der Waals surface area contributed by atoms with Gasteiger partial charge in [0, 0.05) is 18.8 Å². The van der Waals surface area contributed by atoms with E-state index >= 15 is 0 Å². The molecule has 5 nitrogen and oxygen atoms in total. The highest BCUT2D eigenvalue weighted by Gasteiger charge is 2.25. The molecule has 0 radical (unpaired) electrons. The van der Waals surface area contributed by atoms with Gasteiger partial charge in [0.1, 0.15) is 0 Å². The van der Waals surface area contributed by atoms with E-state index in [0.717, 1.165) is 22.3 Å². The number of amides is 1. The fourth-order valence-electron chi connectivity index (χ4n) is 3.24. The van der Waals surface area contributed by atoms with Gasteiger partial charge in [-0.3, -0.25) is 4.79 Å². The molecule has 0 unspecified atom stereocenters. The van der Waals surface area contributed by atoms with Crippen molar-refractivity contribution in [2.24, 2.45) is 0 Å². The van der Waals surface area contributed by atoms with Gasteiger partial charge in [0.15, 0.2) is 0 Å². The number of aryl methyl sites for hydroxylation is 1. The molecule has 1 N–H and O–H groups in total. The van der Waals surface area contributed by atoms with Crippen LogP contribution in [0.3, 0.4) is 0 Å². The summed E-state index contributed by atoms with van der Waals surface area (Å²) in [6.07, 6.45) is 1.02. The summed E-state index contributed by atoms with van der Waals surface area (Å²) in [5.41, 5.74) is 4.91. The lowest BCUT2D eigenvalue weighted by Crippen LogP contribution is -2.36. The molecule has 6 heteroatoms. The van der Waals surface area contributed by atoms with Crippen molar-refractivity contribution in [2.75, 3.05) is 17.6 Å². The smallest absolute Gasteiger partial charge is 0.228 e. The van der Waals surface area contributed by atoms with Crippen LogP contribution >= 0.6 is 0 Å². The van der Waals surface area contributed by atoms with Crippen LogP contribution in [-0.4, -0.2) is 30.9 Å². The summed E-state index contributed by atoms with van der Waals surface area (Å²) in [4.78, 5) is 12.3. The second-order valence-corrected chi connectivity index (χ2v) is 8.94. The average Bonchev–Trinajstić information content (AvgIpc) is 2.61. The van der Waals surface area contributed by atoms with Crippen LogP contribution < -0.4 is 5.32 Å². The summed E-state index contributed by atoms with van der Waals surface area (Å²) in [5.74, 6) is 0.0271. The maximum absolute atomic E-state index is 12.3. The Hall–Kier alpha value is -2.18. The molecule has 0 atom stereocenters. The van der Waals surface area contributed by atoms with Gasteiger partial charge >= 0.3 is 0 Å². The summed E-state index contributed by atoms with van der Waals surface area (Å²) in [6, 6.07) is 13.6. The highest BCUT2D eigenvalue weighted by molar-refractivity contribution is 7.89. The normalized spacial score (nSPS) is 14.7. The molecule has 2 aromatic carbocycles. The lowest BCUT2D eigenvalue weighted by atomic mass is 10.0. The Morgan fingerprint density at radius 1 is 1.15 bits per heavy atom. The van der Waals surface area contributed by atoms with Gasteiger partial charge < -0.3 is 5.32 Å². The van der Waals surface area contributed by atoms with E-state index in [0.29, 0.717) is 31.6 Å². The van der Waals surface area contributed by atoms with Crippen LogP contribution in [0.5, 0.6) is 0 Å². The summed E-state index contributed by atoms with van der Waals surface area (Å²) < 4.78 is 25.7. The molecule has 1 amide bonds. The number of carbonyl (C=O) groups excluding carboxylic acids is 1. The first kappa shape index (κ1) is 18.6. The summed E-state index contributed by atoms with van der Waals surface area (Å²) in [7, 11) is -3.20. The molecule has 138 valence electrons. The topological polar surface area (TPSA) is 66.5 Å². The van der Waals surface area contributed by atoms with Crippen LogP contribution in [0.1, 0.15) is 29.2 Å². The van der Waals surface area contributed by atoms with Crippen LogP contribution in [0.2, 0.25) is 0 Å². The minimum atomic E-state index is -3.20. The molecule has 2 aromatic rings. The van der Waals surface area contributed by atoms with Gasteiger partial charge in [-0.2, -0.15) is 4.31 Å². The van der Waals surface area contributed by atoms with E-state index in [1.165, 1.54) is 4.31 Å². The predicted molar refractivity (Wildman–Crippen MR) is 104 cm³/mol. The van der Waals surface area contributed by atoms with Gasteiger partial charge in [0.2, 0.25) is 15.9 Å². The molecule has 1 aliphatic heterocycles. The van der Waals surface area contributed by atoms with Crippen molar-refractivity contribution in [3.8, 4) is 0 Å². The number of sulfonamides is 1. The molecule has 0 aliphatic carbocycles. The van der Waals surface area contributed by atoms with Crippen LogP contribution in [0, 0.1) is 6.92 Å². The fraction of sp³-hybridized carbons (Fsp3) is 0.350. The maximum Gasteiger partial charge on any atom is 0.228 e. The third-order valence-corrected chi connectivity index (χ3v) is 6.50. The Balaban J connectivity index is 1.71. The molecule has 1 aliphatic rings. The fourth-order valence-corrected chi connectivity index (χ4v) is 4.31. The Kier molecular flexibility index (Phi) is 5.44. The standard InChI is InChI=1S/C20H24N2O3S/c1-3-26(24,25)22-10-9-17-7-8-19(13-18(17)14-22)21-20(23)12-16-6-4-5-15(2)11-16/h4-8,11,13H,3,9-10,12,14H2,1-2H3,(H,21,23). The van der Waals surface area contributed by atoms with E-state index in [9.17, 15) is 13.2 Å². The zero-order valence-corrected chi connectivity index (χ0v) is 16.0. The molecule has 0 fully saturated rings. The molecular weight excluding hydrogens is 348 g/mol. The molecule has 0 saturated heterocycles. The SMILES string of the molecule is CCS(=O)(=O)N1CCc2ccc(NC(=O)Cc3cccc(C)c3)cc2C1. The summed E-state index contributed by atoms with van der Waals surface area (Å²) in [5, 5.41) is 2.92. The molecular formula is C20H24N2O3S. The van der Waals surface area contributed by atoms with Crippen molar-refractivity contribution in [3.63, 3.8) is 0 Å². The van der Waals surface area contributed by atoms with Crippen molar-refractivity contribution < 1.29 is 13.2 Å². The lowest BCUT2D eigenvalue weighted by Gasteiger charge is -2.28. The van der Waals surface area contributed by atoms with E-state index in [1.807, 2.05) is 49.4 Å².